The average molecular weight is 322 g/mol. The van der Waals surface area contributed by atoms with Crippen molar-refractivity contribution in [3.05, 3.63) is 41.1 Å². The van der Waals surface area contributed by atoms with Gasteiger partial charge in [-0.05, 0) is 79.8 Å². The largest absolute Gasteiger partial charge is 0.508 e. The Hall–Kier alpha value is -1.15. The van der Waals surface area contributed by atoms with Crippen LogP contribution in [-0.2, 0) is 11.8 Å². The van der Waals surface area contributed by atoms with Crippen LogP contribution in [0.2, 0.25) is 0 Å². The molecule has 0 spiro atoms. The SMILES string of the molecule is CC(C)=CNC1CC[C@]2(C)c3cc(O)ccc3C[C@H]1[C@H]2C.Cl. The number of allylic oxidation sites excluding steroid dienone is 1. The third-order valence-corrected chi connectivity index (χ3v) is 5.89. The second-order valence-electron chi connectivity index (χ2n) is 7.45. The van der Waals surface area contributed by atoms with Crippen molar-refractivity contribution in [1.82, 2.24) is 5.32 Å². The number of phenolic OH excluding ortho intramolecular Hbond substituents is 1. The normalized spacial score (nSPS) is 32.5. The van der Waals surface area contributed by atoms with Crippen molar-refractivity contribution in [2.24, 2.45) is 11.8 Å². The van der Waals surface area contributed by atoms with E-state index < -0.39 is 0 Å². The summed E-state index contributed by atoms with van der Waals surface area (Å²) < 4.78 is 0. The number of benzene rings is 1. The number of nitrogens with one attached hydrogen (secondary N) is 1. The zero-order chi connectivity index (χ0) is 15.2. The van der Waals surface area contributed by atoms with Gasteiger partial charge in [0.15, 0.2) is 0 Å². The van der Waals surface area contributed by atoms with Gasteiger partial charge >= 0.3 is 0 Å². The summed E-state index contributed by atoms with van der Waals surface area (Å²) in [5, 5.41) is 13.5. The summed E-state index contributed by atoms with van der Waals surface area (Å²) in [6.45, 7) is 9.07. The number of phenols is 1. The molecule has 1 unspecified atom stereocenters. The van der Waals surface area contributed by atoms with Crippen LogP contribution in [0.15, 0.2) is 30.0 Å². The van der Waals surface area contributed by atoms with E-state index in [1.54, 1.807) is 0 Å². The lowest BCUT2D eigenvalue weighted by Crippen LogP contribution is -2.53. The first-order chi connectivity index (χ1) is 9.91. The Morgan fingerprint density at radius 2 is 2.09 bits per heavy atom. The maximum atomic E-state index is 9.86. The van der Waals surface area contributed by atoms with E-state index in [-0.39, 0.29) is 17.8 Å². The fourth-order valence-electron chi connectivity index (χ4n) is 4.43. The smallest absolute Gasteiger partial charge is 0.115 e. The Morgan fingerprint density at radius 3 is 2.77 bits per heavy atom. The molecule has 0 aliphatic heterocycles. The third kappa shape index (κ3) is 2.74. The summed E-state index contributed by atoms with van der Waals surface area (Å²) in [6.07, 6.45) is 5.70. The molecule has 0 aromatic heterocycles. The molecule has 0 amide bonds. The first-order valence-corrected chi connectivity index (χ1v) is 8.13. The molecule has 2 bridgehead atoms. The van der Waals surface area contributed by atoms with Gasteiger partial charge in [-0.25, -0.2) is 0 Å². The molecular weight excluding hydrogens is 294 g/mol. The minimum Gasteiger partial charge on any atom is -0.508 e. The van der Waals surface area contributed by atoms with Crippen LogP contribution in [0.25, 0.3) is 0 Å². The van der Waals surface area contributed by atoms with Crippen molar-refractivity contribution >= 4 is 12.4 Å². The maximum Gasteiger partial charge on any atom is 0.115 e. The second-order valence-corrected chi connectivity index (χ2v) is 7.45. The zero-order valence-electron chi connectivity index (χ0n) is 14.0. The van der Waals surface area contributed by atoms with E-state index in [9.17, 15) is 5.11 Å². The van der Waals surface area contributed by atoms with Crippen LogP contribution in [0, 0.1) is 11.8 Å². The van der Waals surface area contributed by atoms with Crippen LogP contribution < -0.4 is 5.32 Å². The van der Waals surface area contributed by atoms with E-state index in [2.05, 4.69) is 45.3 Å². The van der Waals surface area contributed by atoms with Gasteiger partial charge in [0.05, 0.1) is 0 Å². The van der Waals surface area contributed by atoms with Crippen LogP contribution in [0.1, 0.15) is 51.7 Å². The monoisotopic (exact) mass is 321 g/mol. The molecule has 1 saturated carbocycles. The standard InChI is InChI=1S/C19H27NO.ClH/c1-12(2)11-20-18-7-8-19(4)13(3)16(18)9-14-5-6-15(21)10-17(14)19;/h5-6,10-11,13,16,18,20-21H,7-9H2,1-4H3;1H/t13-,16+,18?,19+;/m1./s1. The van der Waals surface area contributed by atoms with Crippen molar-refractivity contribution in [3.63, 3.8) is 0 Å². The highest BCUT2D eigenvalue weighted by atomic mass is 35.5. The lowest BCUT2D eigenvalue weighted by Gasteiger charge is -2.53. The Morgan fingerprint density at radius 1 is 1.36 bits per heavy atom. The Balaban J connectivity index is 0.00000176. The zero-order valence-corrected chi connectivity index (χ0v) is 14.8. The average Bonchev–Trinajstić information content (AvgIpc) is 2.43. The molecule has 1 aromatic rings. The number of aromatic hydroxyl groups is 1. The molecule has 2 N–H and O–H groups in total. The Bertz CT molecular complexity index is 579. The molecule has 122 valence electrons. The van der Waals surface area contributed by atoms with Gasteiger partial charge in [-0.1, -0.05) is 25.5 Å². The fourth-order valence-corrected chi connectivity index (χ4v) is 4.43. The van der Waals surface area contributed by atoms with E-state index in [4.69, 9.17) is 0 Å². The highest BCUT2D eigenvalue weighted by molar-refractivity contribution is 5.85. The molecule has 22 heavy (non-hydrogen) atoms. The molecule has 2 aliphatic carbocycles. The molecule has 3 heteroatoms. The van der Waals surface area contributed by atoms with E-state index in [1.165, 1.54) is 29.5 Å². The van der Waals surface area contributed by atoms with Crippen molar-refractivity contribution < 1.29 is 5.11 Å². The van der Waals surface area contributed by atoms with E-state index >= 15 is 0 Å². The fraction of sp³-hybridized carbons (Fsp3) is 0.579. The van der Waals surface area contributed by atoms with Crippen LogP contribution in [0.5, 0.6) is 5.75 Å². The molecule has 1 aromatic carbocycles. The lowest BCUT2D eigenvalue weighted by molar-refractivity contribution is 0.0930. The summed E-state index contributed by atoms with van der Waals surface area (Å²) in [6, 6.07) is 6.55. The van der Waals surface area contributed by atoms with Gasteiger partial charge < -0.3 is 10.4 Å². The topological polar surface area (TPSA) is 32.3 Å². The number of hydrogen-bond donors (Lipinski definition) is 2. The number of halogens is 1. The third-order valence-electron chi connectivity index (χ3n) is 5.89. The molecule has 1 fully saturated rings. The summed E-state index contributed by atoms with van der Waals surface area (Å²) in [5.74, 6) is 1.73. The van der Waals surface area contributed by atoms with Crippen LogP contribution in [0.4, 0.5) is 0 Å². The molecule has 0 radical (unpaired) electrons. The molecule has 0 heterocycles. The summed E-state index contributed by atoms with van der Waals surface area (Å²) in [7, 11) is 0. The highest BCUT2D eigenvalue weighted by Crippen LogP contribution is 2.52. The highest BCUT2D eigenvalue weighted by Gasteiger charge is 2.48. The van der Waals surface area contributed by atoms with Gasteiger partial charge in [0.1, 0.15) is 5.75 Å². The summed E-state index contributed by atoms with van der Waals surface area (Å²) in [5.41, 5.74) is 4.35. The molecular formula is C19H28ClNO. The summed E-state index contributed by atoms with van der Waals surface area (Å²) in [4.78, 5) is 0. The molecule has 2 aliphatic rings. The maximum absolute atomic E-state index is 9.86. The van der Waals surface area contributed by atoms with Crippen LogP contribution in [-0.4, -0.2) is 11.1 Å². The molecule has 3 rings (SSSR count). The van der Waals surface area contributed by atoms with E-state index in [0.717, 1.165) is 6.42 Å². The van der Waals surface area contributed by atoms with Gasteiger partial charge in [-0.2, -0.15) is 0 Å². The van der Waals surface area contributed by atoms with Gasteiger partial charge in [-0.15, -0.1) is 12.4 Å². The van der Waals surface area contributed by atoms with E-state index in [1.807, 2.05) is 12.1 Å². The summed E-state index contributed by atoms with van der Waals surface area (Å²) >= 11 is 0. The Kier molecular flexibility index (Phi) is 4.81. The van der Waals surface area contributed by atoms with Crippen molar-refractivity contribution in [2.75, 3.05) is 0 Å². The number of hydrogen-bond acceptors (Lipinski definition) is 2. The Labute approximate surface area is 140 Å². The van der Waals surface area contributed by atoms with Gasteiger partial charge in [0.25, 0.3) is 0 Å². The van der Waals surface area contributed by atoms with Gasteiger partial charge in [0, 0.05) is 6.04 Å². The number of fused-ring (bicyclic) bond motifs is 4. The first kappa shape index (κ1) is 17.2. The van der Waals surface area contributed by atoms with Gasteiger partial charge in [0.2, 0.25) is 0 Å². The first-order valence-electron chi connectivity index (χ1n) is 8.13. The minimum absolute atomic E-state index is 0. The van der Waals surface area contributed by atoms with E-state index in [0.29, 0.717) is 23.6 Å². The van der Waals surface area contributed by atoms with Crippen molar-refractivity contribution in [3.8, 4) is 5.75 Å². The molecule has 4 atom stereocenters. The molecule has 2 nitrogen and oxygen atoms in total. The van der Waals surface area contributed by atoms with Crippen LogP contribution >= 0.6 is 12.4 Å². The second kappa shape index (κ2) is 6.16. The predicted molar refractivity (Wildman–Crippen MR) is 94.7 cm³/mol. The number of rotatable bonds is 2. The van der Waals surface area contributed by atoms with Gasteiger partial charge in [-0.3, -0.25) is 0 Å². The lowest BCUT2D eigenvalue weighted by atomic mass is 9.53. The predicted octanol–water partition coefficient (Wildman–Crippen LogP) is 4.56. The quantitative estimate of drug-likeness (QED) is 0.837. The minimum atomic E-state index is 0. The molecule has 0 saturated heterocycles. The van der Waals surface area contributed by atoms with Crippen molar-refractivity contribution in [1.29, 1.82) is 0 Å². The van der Waals surface area contributed by atoms with Crippen molar-refractivity contribution in [2.45, 2.75) is 58.4 Å². The van der Waals surface area contributed by atoms with Crippen LogP contribution in [0.3, 0.4) is 0 Å².